The molecular formula is C20H26N2O5. The molecule has 0 spiro atoms. The van der Waals surface area contributed by atoms with Crippen molar-refractivity contribution in [1.29, 1.82) is 0 Å². The molecule has 0 N–H and O–H groups in total. The Balaban J connectivity index is 2.39. The number of carbonyl (C=O) groups excluding carboxylic acids is 3. The van der Waals surface area contributed by atoms with Crippen molar-refractivity contribution in [3.8, 4) is 0 Å². The van der Waals surface area contributed by atoms with Crippen molar-refractivity contribution in [2.75, 3.05) is 6.61 Å². The molecule has 0 aliphatic carbocycles. The summed E-state index contributed by atoms with van der Waals surface area (Å²) in [6, 6.07) is 2.78. The second-order valence-electron chi connectivity index (χ2n) is 6.48. The van der Waals surface area contributed by atoms with Crippen molar-refractivity contribution in [1.82, 2.24) is 9.47 Å². The van der Waals surface area contributed by atoms with Crippen LogP contribution in [0.3, 0.4) is 0 Å². The molecule has 0 saturated carbocycles. The molecule has 0 aliphatic heterocycles. The van der Waals surface area contributed by atoms with Gasteiger partial charge in [-0.25, -0.2) is 4.79 Å². The molecule has 0 unspecified atom stereocenters. The van der Waals surface area contributed by atoms with Gasteiger partial charge in [-0.15, -0.1) is 0 Å². The lowest BCUT2D eigenvalue weighted by Crippen LogP contribution is -2.41. The van der Waals surface area contributed by atoms with E-state index in [1.165, 1.54) is 18.1 Å². The van der Waals surface area contributed by atoms with Gasteiger partial charge in [0, 0.05) is 25.2 Å². The summed E-state index contributed by atoms with van der Waals surface area (Å²) in [6.45, 7) is 8.79. The van der Waals surface area contributed by atoms with E-state index in [1.54, 1.807) is 51.4 Å². The van der Waals surface area contributed by atoms with E-state index >= 15 is 0 Å². The summed E-state index contributed by atoms with van der Waals surface area (Å²) in [5.41, 5.74) is 2.02. The molecule has 0 aliphatic rings. The molecule has 1 amide bonds. The predicted molar refractivity (Wildman–Crippen MR) is 99.6 cm³/mol. The molecule has 7 heteroatoms. The fourth-order valence-corrected chi connectivity index (χ4v) is 3.27. The van der Waals surface area contributed by atoms with Gasteiger partial charge in [0.1, 0.15) is 11.5 Å². The first-order chi connectivity index (χ1) is 12.7. The molecule has 0 bridgehead atoms. The molecule has 0 saturated heterocycles. The van der Waals surface area contributed by atoms with Gasteiger partial charge in [-0.3, -0.25) is 9.59 Å². The van der Waals surface area contributed by atoms with Crippen molar-refractivity contribution < 1.29 is 23.5 Å². The fraction of sp³-hybridized carbons (Fsp3) is 0.450. The third-order valence-electron chi connectivity index (χ3n) is 4.80. The van der Waals surface area contributed by atoms with Crippen LogP contribution in [0.1, 0.15) is 58.6 Å². The van der Waals surface area contributed by atoms with Crippen molar-refractivity contribution in [2.45, 2.75) is 47.2 Å². The van der Waals surface area contributed by atoms with Gasteiger partial charge in [0.2, 0.25) is 5.91 Å². The molecule has 7 nitrogen and oxygen atoms in total. The zero-order valence-corrected chi connectivity index (χ0v) is 16.7. The molecule has 27 heavy (non-hydrogen) atoms. The van der Waals surface area contributed by atoms with E-state index in [0.717, 1.165) is 0 Å². The predicted octanol–water partition coefficient (Wildman–Crippen LogP) is 3.03. The van der Waals surface area contributed by atoms with Gasteiger partial charge in [0.25, 0.3) is 0 Å². The molecule has 0 fully saturated rings. The van der Waals surface area contributed by atoms with Crippen LogP contribution in [-0.4, -0.2) is 39.8 Å². The number of carbonyl (C=O) groups is 3. The van der Waals surface area contributed by atoms with Crippen LogP contribution in [0, 0.1) is 13.8 Å². The maximum absolute atomic E-state index is 13.2. The lowest BCUT2D eigenvalue weighted by atomic mass is 9.99. The Hall–Kier alpha value is -2.83. The van der Waals surface area contributed by atoms with Crippen molar-refractivity contribution >= 4 is 17.7 Å². The Labute approximate surface area is 158 Å². The minimum absolute atomic E-state index is 0.199. The van der Waals surface area contributed by atoms with Crippen LogP contribution in [-0.2, 0) is 23.1 Å². The first kappa shape index (κ1) is 20.5. The number of ether oxygens (including phenoxy) is 1. The molecule has 0 radical (unpaired) electrons. The van der Waals surface area contributed by atoms with Crippen molar-refractivity contribution in [3.63, 3.8) is 0 Å². The number of nitrogens with zero attached hydrogens (tertiary/aromatic N) is 2. The monoisotopic (exact) mass is 374 g/mol. The van der Waals surface area contributed by atoms with Crippen molar-refractivity contribution in [2.24, 2.45) is 7.05 Å². The largest absolute Gasteiger partial charge is 0.467 e. The van der Waals surface area contributed by atoms with E-state index in [2.05, 4.69) is 0 Å². The number of amides is 1. The summed E-state index contributed by atoms with van der Waals surface area (Å²) >= 11 is 0. The average Bonchev–Trinajstić information content (AvgIpc) is 3.19. The van der Waals surface area contributed by atoms with E-state index in [4.69, 9.17) is 9.15 Å². The van der Waals surface area contributed by atoms with Crippen LogP contribution in [0.4, 0.5) is 0 Å². The number of aromatic nitrogens is 1. The SMILES string of the molecule is CCOC(=O)c1c(C)c(C(=O)[C@@H](C)N(Cc2ccco2)C(C)=O)c(C)n1C. The van der Waals surface area contributed by atoms with Gasteiger partial charge >= 0.3 is 5.97 Å². The van der Waals surface area contributed by atoms with E-state index in [1.807, 2.05) is 0 Å². The van der Waals surface area contributed by atoms with E-state index < -0.39 is 12.0 Å². The Bertz CT molecular complexity index is 848. The van der Waals surface area contributed by atoms with Gasteiger partial charge in [-0.1, -0.05) is 0 Å². The standard InChI is InChI=1S/C20H26N2O5/c1-7-26-20(25)18-12(2)17(13(3)21(18)6)19(24)14(4)22(15(5)23)11-16-9-8-10-27-16/h8-10,14H,7,11H2,1-6H3/t14-/m1/s1. The highest BCUT2D eigenvalue weighted by atomic mass is 16.5. The molecule has 146 valence electrons. The zero-order chi connectivity index (χ0) is 20.3. The van der Waals surface area contributed by atoms with Crippen molar-refractivity contribution in [3.05, 3.63) is 46.7 Å². The number of hydrogen-bond donors (Lipinski definition) is 0. The Morgan fingerprint density at radius 2 is 1.96 bits per heavy atom. The topological polar surface area (TPSA) is 81.8 Å². The molecule has 2 heterocycles. The highest BCUT2D eigenvalue weighted by Gasteiger charge is 2.31. The summed E-state index contributed by atoms with van der Waals surface area (Å²) < 4.78 is 12.1. The molecule has 0 aromatic carbocycles. The van der Waals surface area contributed by atoms with Gasteiger partial charge in [0.05, 0.1) is 25.5 Å². The number of hydrogen-bond acceptors (Lipinski definition) is 5. The number of furan rings is 1. The molecular weight excluding hydrogens is 348 g/mol. The van der Waals surface area contributed by atoms with Crippen LogP contribution in [0.15, 0.2) is 22.8 Å². The summed E-state index contributed by atoms with van der Waals surface area (Å²) in [7, 11) is 1.72. The Morgan fingerprint density at radius 3 is 2.48 bits per heavy atom. The van der Waals surface area contributed by atoms with Crippen LogP contribution >= 0.6 is 0 Å². The first-order valence-electron chi connectivity index (χ1n) is 8.87. The molecule has 2 rings (SSSR count). The summed E-state index contributed by atoms with van der Waals surface area (Å²) in [6.07, 6.45) is 1.53. The van der Waals surface area contributed by atoms with Gasteiger partial charge in [-0.05, 0) is 45.4 Å². The number of esters is 1. The zero-order valence-electron chi connectivity index (χ0n) is 16.7. The lowest BCUT2D eigenvalue weighted by Gasteiger charge is -2.26. The summed E-state index contributed by atoms with van der Waals surface area (Å²) in [5.74, 6) is -0.327. The quantitative estimate of drug-likeness (QED) is 0.550. The Kier molecular flexibility index (Phi) is 6.25. The highest BCUT2D eigenvalue weighted by Crippen LogP contribution is 2.25. The fourth-order valence-electron chi connectivity index (χ4n) is 3.27. The van der Waals surface area contributed by atoms with Gasteiger partial charge in [-0.2, -0.15) is 0 Å². The number of rotatable bonds is 7. The third-order valence-corrected chi connectivity index (χ3v) is 4.80. The van der Waals surface area contributed by atoms with Gasteiger partial charge in [0.15, 0.2) is 5.78 Å². The molecule has 1 atom stereocenters. The van der Waals surface area contributed by atoms with Crippen LogP contribution in [0.25, 0.3) is 0 Å². The number of Topliss-reactive ketones (excluding diaryl/α,β-unsaturated/α-hetero) is 1. The maximum Gasteiger partial charge on any atom is 0.355 e. The Morgan fingerprint density at radius 1 is 1.30 bits per heavy atom. The summed E-state index contributed by atoms with van der Waals surface area (Å²) in [5, 5.41) is 0. The summed E-state index contributed by atoms with van der Waals surface area (Å²) in [4.78, 5) is 39.1. The van der Waals surface area contributed by atoms with Crippen LogP contribution in [0.5, 0.6) is 0 Å². The minimum Gasteiger partial charge on any atom is -0.467 e. The number of ketones is 1. The molecule has 2 aromatic heterocycles. The maximum atomic E-state index is 13.2. The second kappa shape index (κ2) is 8.24. The van der Waals surface area contributed by atoms with Crippen LogP contribution in [0.2, 0.25) is 0 Å². The van der Waals surface area contributed by atoms with Crippen LogP contribution < -0.4 is 0 Å². The average molecular weight is 374 g/mol. The minimum atomic E-state index is -0.706. The molecule has 2 aromatic rings. The second-order valence-corrected chi connectivity index (χ2v) is 6.48. The lowest BCUT2D eigenvalue weighted by molar-refractivity contribution is -0.131. The smallest absolute Gasteiger partial charge is 0.355 e. The van der Waals surface area contributed by atoms with E-state index in [9.17, 15) is 14.4 Å². The third kappa shape index (κ3) is 3.97. The van der Waals surface area contributed by atoms with E-state index in [0.29, 0.717) is 28.3 Å². The van der Waals surface area contributed by atoms with E-state index in [-0.39, 0.29) is 24.8 Å². The normalized spacial score (nSPS) is 11.9. The first-order valence-corrected chi connectivity index (χ1v) is 8.87. The highest BCUT2D eigenvalue weighted by molar-refractivity contribution is 6.06. The van der Waals surface area contributed by atoms with Gasteiger partial charge < -0.3 is 18.6 Å².